The summed E-state index contributed by atoms with van der Waals surface area (Å²) in [4.78, 5) is 12.8. The smallest absolute Gasteiger partial charge is 0.167 e. The molecule has 31 heavy (non-hydrogen) atoms. The summed E-state index contributed by atoms with van der Waals surface area (Å²) in [5, 5.41) is 18.2. The SMILES string of the molecule is Cc1nn(Cc2ccc(F)cc2)c(C)c1C(=O)CCNC(C)C(O)c1ccccc1.[Cl-]. The number of carbonyl (C=O) groups is 1. The van der Waals surface area contributed by atoms with Crippen molar-refractivity contribution in [3.63, 3.8) is 0 Å². The van der Waals surface area contributed by atoms with E-state index in [-0.39, 0.29) is 30.0 Å². The predicted octanol–water partition coefficient (Wildman–Crippen LogP) is 0.976. The van der Waals surface area contributed by atoms with Crippen LogP contribution in [-0.2, 0) is 6.54 Å². The Labute approximate surface area is 188 Å². The average molecular weight is 445 g/mol. The fraction of sp³-hybridized carbons (Fsp3) is 0.333. The van der Waals surface area contributed by atoms with Crippen LogP contribution in [0, 0.1) is 19.7 Å². The van der Waals surface area contributed by atoms with Gasteiger partial charge in [-0.15, -0.1) is 0 Å². The third-order valence-corrected chi connectivity index (χ3v) is 5.34. The molecule has 2 aromatic carbocycles. The molecule has 2 unspecified atom stereocenters. The number of ketones is 1. The van der Waals surface area contributed by atoms with E-state index in [1.165, 1.54) is 12.1 Å². The lowest BCUT2D eigenvalue weighted by molar-refractivity contribution is -0.0000164. The molecule has 0 saturated carbocycles. The van der Waals surface area contributed by atoms with E-state index in [2.05, 4.69) is 10.4 Å². The van der Waals surface area contributed by atoms with Crippen molar-refractivity contribution >= 4 is 5.78 Å². The number of aryl methyl sites for hydroxylation is 1. The molecule has 7 heteroatoms. The van der Waals surface area contributed by atoms with Gasteiger partial charge in [-0.1, -0.05) is 42.5 Å². The maximum atomic E-state index is 13.1. The molecule has 166 valence electrons. The van der Waals surface area contributed by atoms with Gasteiger partial charge in [-0.25, -0.2) is 4.39 Å². The second-order valence-corrected chi connectivity index (χ2v) is 7.60. The van der Waals surface area contributed by atoms with Crippen LogP contribution in [0.5, 0.6) is 0 Å². The van der Waals surface area contributed by atoms with E-state index in [4.69, 9.17) is 0 Å². The standard InChI is InChI=1S/C24H28FN3O2.ClH/c1-16-23(18(3)28(27-16)15-19-9-11-21(25)12-10-19)22(29)13-14-26-17(2)24(30)20-7-5-4-6-8-20;/h4-12,17,24,26,30H,13-15H2,1-3H3;1H/p-1. The number of aliphatic hydroxyl groups is 1. The Bertz CT molecular complexity index is 990. The van der Waals surface area contributed by atoms with Gasteiger partial charge < -0.3 is 22.8 Å². The van der Waals surface area contributed by atoms with Crippen LogP contribution in [0.25, 0.3) is 0 Å². The van der Waals surface area contributed by atoms with Crippen molar-refractivity contribution in [1.29, 1.82) is 0 Å². The molecular formula is C24H28ClFN3O2-. The largest absolute Gasteiger partial charge is 1.00 e. The highest BCUT2D eigenvalue weighted by Crippen LogP contribution is 2.18. The number of hydrogen-bond acceptors (Lipinski definition) is 4. The van der Waals surface area contributed by atoms with Crippen molar-refractivity contribution in [2.24, 2.45) is 0 Å². The second-order valence-electron chi connectivity index (χ2n) is 7.60. The fourth-order valence-corrected chi connectivity index (χ4v) is 3.61. The number of Topliss-reactive ketones (excluding diaryl/α,β-unsaturated/α-hetero) is 1. The molecule has 0 aliphatic carbocycles. The zero-order chi connectivity index (χ0) is 21.7. The van der Waals surface area contributed by atoms with Crippen LogP contribution in [0.4, 0.5) is 4.39 Å². The summed E-state index contributed by atoms with van der Waals surface area (Å²) >= 11 is 0. The molecule has 5 nitrogen and oxygen atoms in total. The topological polar surface area (TPSA) is 67.2 Å². The Hall–Kier alpha value is -2.54. The lowest BCUT2D eigenvalue weighted by Crippen LogP contribution is -3.00. The van der Waals surface area contributed by atoms with Crippen molar-refractivity contribution in [3.05, 3.63) is 88.5 Å². The second kappa shape index (κ2) is 11.2. The quantitative estimate of drug-likeness (QED) is 0.483. The third-order valence-electron chi connectivity index (χ3n) is 5.34. The van der Waals surface area contributed by atoms with E-state index in [0.29, 0.717) is 30.8 Å². The van der Waals surface area contributed by atoms with Gasteiger partial charge in [0, 0.05) is 24.7 Å². The Morgan fingerprint density at radius 1 is 1.13 bits per heavy atom. The highest BCUT2D eigenvalue weighted by molar-refractivity contribution is 5.98. The maximum Gasteiger partial charge on any atom is 0.167 e. The summed E-state index contributed by atoms with van der Waals surface area (Å²) < 4.78 is 14.9. The molecule has 1 aromatic heterocycles. The molecular weight excluding hydrogens is 417 g/mol. The van der Waals surface area contributed by atoms with Gasteiger partial charge in [0.25, 0.3) is 0 Å². The molecule has 0 radical (unpaired) electrons. The molecule has 0 aliphatic rings. The van der Waals surface area contributed by atoms with Crippen molar-refractivity contribution in [1.82, 2.24) is 15.1 Å². The summed E-state index contributed by atoms with van der Waals surface area (Å²) in [6.07, 6.45) is -0.321. The van der Waals surface area contributed by atoms with Crippen molar-refractivity contribution < 1.29 is 26.7 Å². The van der Waals surface area contributed by atoms with Crippen LogP contribution in [-0.4, -0.2) is 33.3 Å². The summed E-state index contributed by atoms with van der Waals surface area (Å²) in [6, 6.07) is 15.6. The highest BCUT2D eigenvalue weighted by Gasteiger charge is 2.20. The number of halogens is 2. The zero-order valence-corrected chi connectivity index (χ0v) is 18.7. The van der Waals surface area contributed by atoms with Crippen LogP contribution in [0.3, 0.4) is 0 Å². The lowest BCUT2D eigenvalue weighted by atomic mass is 10.0. The first-order valence-electron chi connectivity index (χ1n) is 10.1. The predicted molar refractivity (Wildman–Crippen MR) is 115 cm³/mol. The van der Waals surface area contributed by atoms with Gasteiger partial charge >= 0.3 is 0 Å². The molecule has 2 N–H and O–H groups in total. The monoisotopic (exact) mass is 444 g/mol. The normalized spacial score (nSPS) is 12.8. The summed E-state index contributed by atoms with van der Waals surface area (Å²) in [7, 11) is 0. The van der Waals surface area contributed by atoms with Crippen LogP contribution in [0.15, 0.2) is 54.6 Å². The molecule has 0 spiro atoms. The van der Waals surface area contributed by atoms with Crippen LogP contribution in [0.1, 0.15) is 52.3 Å². The van der Waals surface area contributed by atoms with Crippen molar-refractivity contribution in [2.45, 2.75) is 45.9 Å². The Morgan fingerprint density at radius 3 is 2.42 bits per heavy atom. The number of rotatable bonds is 9. The first kappa shape index (κ1) is 24.7. The van der Waals surface area contributed by atoms with E-state index in [1.54, 1.807) is 16.8 Å². The summed E-state index contributed by atoms with van der Waals surface area (Å²) in [6.45, 7) is 6.56. The van der Waals surface area contributed by atoms with E-state index >= 15 is 0 Å². The van der Waals surface area contributed by atoms with E-state index in [9.17, 15) is 14.3 Å². The zero-order valence-electron chi connectivity index (χ0n) is 18.0. The van der Waals surface area contributed by atoms with Crippen molar-refractivity contribution in [3.8, 4) is 0 Å². The molecule has 3 aromatic rings. The first-order valence-corrected chi connectivity index (χ1v) is 10.1. The van der Waals surface area contributed by atoms with Crippen LogP contribution >= 0.6 is 0 Å². The number of carbonyl (C=O) groups excluding carboxylic acids is 1. The van der Waals surface area contributed by atoms with Gasteiger partial charge in [0.1, 0.15) is 5.82 Å². The number of nitrogens with zero attached hydrogens (tertiary/aromatic N) is 2. The van der Waals surface area contributed by atoms with E-state index in [0.717, 1.165) is 16.8 Å². The summed E-state index contributed by atoms with van der Waals surface area (Å²) in [5.41, 5.74) is 3.90. The minimum Gasteiger partial charge on any atom is -1.00 e. The summed E-state index contributed by atoms with van der Waals surface area (Å²) in [5.74, 6) is -0.258. The minimum atomic E-state index is -0.636. The fourth-order valence-electron chi connectivity index (χ4n) is 3.61. The number of aromatic nitrogens is 2. The Morgan fingerprint density at radius 2 is 1.77 bits per heavy atom. The third kappa shape index (κ3) is 6.23. The molecule has 0 fully saturated rings. The molecule has 0 bridgehead atoms. The Kier molecular flexibility index (Phi) is 8.92. The number of benzene rings is 2. The average Bonchev–Trinajstić information content (AvgIpc) is 3.02. The van der Waals surface area contributed by atoms with Crippen LogP contribution < -0.4 is 17.7 Å². The molecule has 0 saturated heterocycles. The van der Waals surface area contributed by atoms with Gasteiger partial charge in [0.05, 0.1) is 23.9 Å². The number of aliphatic hydroxyl groups excluding tert-OH is 1. The lowest BCUT2D eigenvalue weighted by Gasteiger charge is -2.20. The van der Waals surface area contributed by atoms with E-state index < -0.39 is 6.10 Å². The molecule has 3 rings (SSSR count). The molecule has 0 aliphatic heterocycles. The van der Waals surface area contributed by atoms with Crippen LogP contribution in [0.2, 0.25) is 0 Å². The minimum absolute atomic E-state index is 0. The molecule has 0 amide bonds. The maximum absolute atomic E-state index is 13.1. The van der Waals surface area contributed by atoms with E-state index in [1.807, 2.05) is 51.1 Å². The first-order chi connectivity index (χ1) is 14.4. The van der Waals surface area contributed by atoms with Gasteiger partial charge in [-0.05, 0) is 44.0 Å². The number of nitrogens with one attached hydrogen (secondary N) is 1. The molecule has 2 atom stereocenters. The van der Waals surface area contributed by atoms with Gasteiger partial charge in [0.15, 0.2) is 5.78 Å². The Balaban J connectivity index is 0.00000341. The van der Waals surface area contributed by atoms with Gasteiger partial charge in [-0.3, -0.25) is 9.48 Å². The number of hydrogen-bond donors (Lipinski definition) is 2. The van der Waals surface area contributed by atoms with Gasteiger partial charge in [-0.2, -0.15) is 5.10 Å². The highest BCUT2D eigenvalue weighted by atomic mass is 35.5. The molecule has 1 heterocycles. The van der Waals surface area contributed by atoms with Gasteiger partial charge in [0.2, 0.25) is 0 Å². The van der Waals surface area contributed by atoms with Crippen molar-refractivity contribution in [2.75, 3.05) is 6.54 Å².